The third-order valence-electron chi connectivity index (χ3n) is 3.40. The van der Waals surface area contributed by atoms with Crippen LogP contribution in [-0.4, -0.2) is 31.1 Å². The first kappa shape index (κ1) is 11.6. The number of benzene rings is 1. The highest BCUT2D eigenvalue weighted by Gasteiger charge is 2.12. The highest BCUT2D eigenvalue weighted by Crippen LogP contribution is 2.26. The maximum atomic E-state index is 11.3. The standard InChI is InChI=1S/C14H10N6O/c15-14(21)7-1-2-9-8(3-7)13(20-19-9)11-4-10-12(5-16-11)18-6-17-10/h1-6H,(H2,15,21)(H,17,18)(H,19,20). The predicted molar refractivity (Wildman–Crippen MR) is 77.5 cm³/mol. The number of nitrogens with two attached hydrogens (primary N) is 1. The van der Waals surface area contributed by atoms with E-state index in [1.807, 2.05) is 6.07 Å². The monoisotopic (exact) mass is 278 g/mol. The van der Waals surface area contributed by atoms with Crippen molar-refractivity contribution in [3.8, 4) is 11.4 Å². The molecule has 4 aromatic rings. The molecule has 0 aliphatic carbocycles. The van der Waals surface area contributed by atoms with E-state index in [1.54, 1.807) is 30.7 Å². The van der Waals surface area contributed by atoms with Crippen LogP contribution in [0.4, 0.5) is 0 Å². The smallest absolute Gasteiger partial charge is 0.248 e. The average Bonchev–Trinajstić information content (AvgIpc) is 3.12. The molecule has 21 heavy (non-hydrogen) atoms. The molecular formula is C14H10N6O. The molecule has 0 spiro atoms. The number of rotatable bonds is 2. The minimum atomic E-state index is -0.472. The lowest BCUT2D eigenvalue weighted by atomic mass is 10.1. The Hall–Kier alpha value is -3.22. The van der Waals surface area contributed by atoms with E-state index >= 15 is 0 Å². The first-order chi connectivity index (χ1) is 10.2. The molecule has 3 heterocycles. The number of carbonyl (C=O) groups is 1. The Balaban J connectivity index is 1.96. The van der Waals surface area contributed by atoms with Gasteiger partial charge in [0.2, 0.25) is 5.91 Å². The van der Waals surface area contributed by atoms with E-state index in [0.717, 1.165) is 21.9 Å². The van der Waals surface area contributed by atoms with Crippen LogP contribution in [0.5, 0.6) is 0 Å². The van der Waals surface area contributed by atoms with Crippen molar-refractivity contribution in [2.45, 2.75) is 0 Å². The molecule has 0 aliphatic rings. The Morgan fingerprint density at radius 3 is 2.90 bits per heavy atom. The summed E-state index contributed by atoms with van der Waals surface area (Å²) in [5.41, 5.74) is 9.59. The second kappa shape index (κ2) is 4.14. The number of primary amides is 1. The van der Waals surface area contributed by atoms with Gasteiger partial charge in [-0.15, -0.1) is 0 Å². The van der Waals surface area contributed by atoms with Crippen LogP contribution in [0.25, 0.3) is 33.3 Å². The largest absolute Gasteiger partial charge is 0.366 e. The molecule has 7 nitrogen and oxygen atoms in total. The second-order valence-electron chi connectivity index (χ2n) is 4.69. The van der Waals surface area contributed by atoms with Crippen LogP contribution in [0.3, 0.4) is 0 Å². The molecule has 102 valence electrons. The fraction of sp³-hybridized carbons (Fsp3) is 0. The topological polar surface area (TPSA) is 113 Å². The summed E-state index contributed by atoms with van der Waals surface area (Å²) in [6, 6.07) is 7.00. The van der Waals surface area contributed by atoms with Crippen molar-refractivity contribution in [2.75, 3.05) is 0 Å². The van der Waals surface area contributed by atoms with Crippen molar-refractivity contribution in [3.63, 3.8) is 0 Å². The normalized spacial score (nSPS) is 11.2. The molecule has 0 bridgehead atoms. The van der Waals surface area contributed by atoms with Gasteiger partial charge in [-0.2, -0.15) is 5.10 Å². The van der Waals surface area contributed by atoms with Crippen molar-refractivity contribution in [1.29, 1.82) is 0 Å². The fourth-order valence-corrected chi connectivity index (χ4v) is 2.33. The Labute approximate surface area is 118 Å². The van der Waals surface area contributed by atoms with E-state index in [2.05, 4.69) is 25.1 Å². The van der Waals surface area contributed by atoms with Gasteiger partial charge in [0.25, 0.3) is 0 Å². The van der Waals surface area contributed by atoms with E-state index in [9.17, 15) is 4.79 Å². The minimum absolute atomic E-state index is 0.436. The molecule has 0 aliphatic heterocycles. The van der Waals surface area contributed by atoms with E-state index in [0.29, 0.717) is 17.0 Å². The Bertz CT molecular complexity index is 983. The van der Waals surface area contributed by atoms with Gasteiger partial charge in [-0.05, 0) is 24.3 Å². The molecule has 0 saturated heterocycles. The van der Waals surface area contributed by atoms with Gasteiger partial charge in [0.1, 0.15) is 5.69 Å². The Kier molecular flexibility index (Phi) is 2.28. The minimum Gasteiger partial charge on any atom is -0.366 e. The quantitative estimate of drug-likeness (QED) is 0.516. The lowest BCUT2D eigenvalue weighted by molar-refractivity contribution is 0.100. The van der Waals surface area contributed by atoms with Gasteiger partial charge >= 0.3 is 0 Å². The number of aromatic amines is 2. The molecule has 3 aromatic heterocycles. The van der Waals surface area contributed by atoms with Crippen LogP contribution in [0.15, 0.2) is 36.8 Å². The number of hydrogen-bond donors (Lipinski definition) is 3. The summed E-state index contributed by atoms with van der Waals surface area (Å²) in [7, 11) is 0. The van der Waals surface area contributed by atoms with Gasteiger partial charge in [0, 0.05) is 10.9 Å². The predicted octanol–water partition coefficient (Wildman–Crippen LogP) is 1.60. The molecule has 0 saturated carbocycles. The molecule has 4 rings (SSSR count). The third kappa shape index (κ3) is 1.75. The number of aromatic nitrogens is 5. The number of H-pyrrole nitrogens is 2. The van der Waals surface area contributed by atoms with Crippen molar-refractivity contribution >= 4 is 27.8 Å². The highest BCUT2D eigenvalue weighted by molar-refractivity contribution is 6.00. The van der Waals surface area contributed by atoms with Crippen LogP contribution in [0.2, 0.25) is 0 Å². The number of imidazole rings is 1. The van der Waals surface area contributed by atoms with Gasteiger partial charge in [0.05, 0.1) is 34.8 Å². The average molecular weight is 278 g/mol. The Morgan fingerprint density at radius 1 is 1.14 bits per heavy atom. The van der Waals surface area contributed by atoms with Crippen LogP contribution >= 0.6 is 0 Å². The molecule has 0 atom stereocenters. The summed E-state index contributed by atoms with van der Waals surface area (Å²) in [6.07, 6.45) is 3.32. The molecule has 1 aromatic carbocycles. The zero-order chi connectivity index (χ0) is 14.4. The maximum absolute atomic E-state index is 11.3. The van der Waals surface area contributed by atoms with Crippen LogP contribution in [0.1, 0.15) is 10.4 Å². The summed E-state index contributed by atoms with van der Waals surface area (Å²) in [4.78, 5) is 22.9. The summed E-state index contributed by atoms with van der Waals surface area (Å²) in [5.74, 6) is -0.472. The van der Waals surface area contributed by atoms with E-state index in [4.69, 9.17) is 5.73 Å². The van der Waals surface area contributed by atoms with Gasteiger partial charge in [-0.25, -0.2) is 4.98 Å². The maximum Gasteiger partial charge on any atom is 0.248 e. The van der Waals surface area contributed by atoms with Gasteiger partial charge < -0.3 is 10.7 Å². The molecule has 1 amide bonds. The SMILES string of the molecule is NC(=O)c1ccc2[nH]nc(-c3cc4nc[nH]c4cn3)c2c1. The van der Waals surface area contributed by atoms with Crippen LogP contribution in [0, 0.1) is 0 Å². The van der Waals surface area contributed by atoms with Crippen LogP contribution in [-0.2, 0) is 0 Å². The van der Waals surface area contributed by atoms with Gasteiger partial charge in [-0.3, -0.25) is 14.9 Å². The van der Waals surface area contributed by atoms with Gasteiger partial charge in [-0.1, -0.05) is 0 Å². The van der Waals surface area contributed by atoms with Crippen LogP contribution < -0.4 is 5.73 Å². The molecule has 7 heteroatoms. The Morgan fingerprint density at radius 2 is 2.05 bits per heavy atom. The number of nitrogens with zero attached hydrogens (tertiary/aromatic N) is 3. The van der Waals surface area contributed by atoms with Crippen molar-refractivity contribution in [1.82, 2.24) is 25.1 Å². The van der Waals surface area contributed by atoms with E-state index in [-0.39, 0.29) is 0 Å². The van der Waals surface area contributed by atoms with Gasteiger partial charge in [0.15, 0.2) is 0 Å². The fourth-order valence-electron chi connectivity index (χ4n) is 2.33. The molecule has 0 radical (unpaired) electrons. The number of fused-ring (bicyclic) bond motifs is 2. The zero-order valence-electron chi connectivity index (χ0n) is 10.8. The second-order valence-corrected chi connectivity index (χ2v) is 4.69. The zero-order valence-corrected chi connectivity index (χ0v) is 10.8. The summed E-state index contributed by atoms with van der Waals surface area (Å²) in [6.45, 7) is 0. The first-order valence-electron chi connectivity index (χ1n) is 6.30. The summed E-state index contributed by atoms with van der Waals surface area (Å²) >= 11 is 0. The number of carbonyl (C=O) groups excluding carboxylic acids is 1. The van der Waals surface area contributed by atoms with Crippen molar-refractivity contribution in [3.05, 3.63) is 42.4 Å². The van der Waals surface area contributed by atoms with Crippen molar-refractivity contribution < 1.29 is 4.79 Å². The third-order valence-corrected chi connectivity index (χ3v) is 3.40. The lowest BCUT2D eigenvalue weighted by Gasteiger charge is -1.99. The number of nitrogens with one attached hydrogen (secondary N) is 2. The number of amides is 1. The summed E-state index contributed by atoms with van der Waals surface area (Å²) < 4.78 is 0. The van der Waals surface area contributed by atoms with E-state index in [1.165, 1.54) is 0 Å². The highest BCUT2D eigenvalue weighted by atomic mass is 16.1. The lowest BCUT2D eigenvalue weighted by Crippen LogP contribution is -2.10. The summed E-state index contributed by atoms with van der Waals surface area (Å²) in [5, 5.41) is 8.00. The molecule has 0 unspecified atom stereocenters. The molecule has 4 N–H and O–H groups in total. The van der Waals surface area contributed by atoms with E-state index < -0.39 is 5.91 Å². The van der Waals surface area contributed by atoms with Crippen molar-refractivity contribution in [2.24, 2.45) is 5.73 Å². The molecular weight excluding hydrogens is 268 g/mol. The molecule has 0 fully saturated rings. The number of hydrogen-bond acceptors (Lipinski definition) is 4. The number of pyridine rings is 1. The first-order valence-corrected chi connectivity index (χ1v) is 6.30.